The summed E-state index contributed by atoms with van der Waals surface area (Å²) in [5.41, 5.74) is 0. The summed E-state index contributed by atoms with van der Waals surface area (Å²) in [7, 11) is -0.527. The van der Waals surface area contributed by atoms with Gasteiger partial charge in [0.25, 0.3) is 0 Å². The summed E-state index contributed by atoms with van der Waals surface area (Å²) in [6, 6.07) is 21.9. The number of hydrogen-bond donors (Lipinski definition) is 1. The molecular formula is C26H42N3P. The van der Waals surface area contributed by atoms with E-state index in [1.807, 2.05) is 0 Å². The number of rotatable bonds is 15. The molecule has 0 atom stereocenters. The molecule has 0 amide bonds. The molecule has 166 valence electrons. The molecule has 4 heteroatoms. The van der Waals surface area contributed by atoms with Crippen LogP contribution in [0.25, 0.3) is 0 Å². The number of hydrogen-bond acceptors (Lipinski definition) is 3. The van der Waals surface area contributed by atoms with Gasteiger partial charge in [0.1, 0.15) is 0 Å². The Morgan fingerprint density at radius 2 is 1.07 bits per heavy atom. The topological polar surface area (TPSA) is 18.5 Å². The summed E-state index contributed by atoms with van der Waals surface area (Å²) in [6.45, 7) is 17.2. The van der Waals surface area contributed by atoms with E-state index in [1.165, 1.54) is 36.5 Å². The average molecular weight is 428 g/mol. The zero-order valence-electron chi connectivity index (χ0n) is 19.6. The predicted octanol–water partition coefficient (Wildman–Crippen LogP) is 4.70. The van der Waals surface area contributed by atoms with Gasteiger partial charge in [-0.3, -0.25) is 5.09 Å². The minimum absolute atomic E-state index is 0.527. The molecule has 30 heavy (non-hydrogen) atoms. The maximum Gasteiger partial charge on any atom is 0.0253 e. The molecule has 0 spiro atoms. The second-order valence-corrected chi connectivity index (χ2v) is 9.89. The van der Waals surface area contributed by atoms with Crippen LogP contribution in [0.15, 0.2) is 60.7 Å². The summed E-state index contributed by atoms with van der Waals surface area (Å²) in [5.74, 6) is 0.698. The second-order valence-electron chi connectivity index (χ2n) is 7.87. The van der Waals surface area contributed by atoms with Gasteiger partial charge in [0.2, 0.25) is 0 Å². The third kappa shape index (κ3) is 8.47. The van der Waals surface area contributed by atoms with Gasteiger partial charge in [-0.1, -0.05) is 88.4 Å². The molecule has 0 aliphatic carbocycles. The molecule has 2 aromatic carbocycles. The van der Waals surface area contributed by atoms with Gasteiger partial charge in [0.05, 0.1) is 0 Å². The third-order valence-electron chi connectivity index (χ3n) is 6.06. The summed E-state index contributed by atoms with van der Waals surface area (Å²) in [4.78, 5) is 5.11. The van der Waals surface area contributed by atoms with Gasteiger partial charge in [0, 0.05) is 14.6 Å². The van der Waals surface area contributed by atoms with Crippen LogP contribution < -0.4 is 15.7 Å². The second kappa shape index (κ2) is 14.7. The highest BCUT2D eigenvalue weighted by molar-refractivity contribution is 7.71. The number of benzene rings is 2. The van der Waals surface area contributed by atoms with Crippen molar-refractivity contribution < 1.29 is 0 Å². The first-order valence-electron chi connectivity index (χ1n) is 11.8. The molecule has 0 aromatic heterocycles. The Balaban J connectivity index is 2.08. The predicted molar refractivity (Wildman–Crippen MR) is 135 cm³/mol. The van der Waals surface area contributed by atoms with Gasteiger partial charge in [-0.2, -0.15) is 0 Å². The van der Waals surface area contributed by atoms with E-state index < -0.39 is 8.07 Å². The first-order valence-corrected chi connectivity index (χ1v) is 13.1. The fourth-order valence-electron chi connectivity index (χ4n) is 3.86. The molecule has 0 radical (unpaired) electrons. The maximum absolute atomic E-state index is 4.00. The SMILES string of the molecule is CCN(CC)CCC(CCN(CC)CC)CNP(c1ccccc1)c1ccccc1. The molecular weight excluding hydrogens is 385 g/mol. The standard InChI is InChI=1S/C26H42N3P/c1-5-28(6-2)21-19-24(20-22-29(7-3)8-4)23-27-30(25-15-11-9-12-16-25)26-17-13-10-14-18-26/h9-18,24,27H,5-8,19-23H2,1-4H3. The minimum Gasteiger partial charge on any atom is -0.304 e. The quantitative estimate of drug-likeness (QED) is 0.416. The number of nitrogens with zero attached hydrogens (tertiary/aromatic N) is 2. The van der Waals surface area contributed by atoms with Crippen molar-refractivity contribution in [3.05, 3.63) is 60.7 Å². The fraction of sp³-hybridized carbons (Fsp3) is 0.538. The minimum atomic E-state index is -0.527. The van der Waals surface area contributed by atoms with Crippen LogP contribution in [0.5, 0.6) is 0 Å². The molecule has 2 aromatic rings. The molecule has 0 saturated carbocycles. The van der Waals surface area contributed by atoms with Crippen LogP contribution in [0.3, 0.4) is 0 Å². The summed E-state index contributed by atoms with van der Waals surface area (Å²) < 4.78 is 0. The van der Waals surface area contributed by atoms with E-state index in [-0.39, 0.29) is 0 Å². The summed E-state index contributed by atoms with van der Waals surface area (Å²) in [6.07, 6.45) is 2.53. The van der Waals surface area contributed by atoms with Crippen molar-refractivity contribution in [3.8, 4) is 0 Å². The normalized spacial score (nSPS) is 11.9. The molecule has 0 fully saturated rings. The monoisotopic (exact) mass is 427 g/mol. The lowest BCUT2D eigenvalue weighted by molar-refractivity contribution is 0.241. The highest BCUT2D eigenvalue weighted by atomic mass is 31.1. The van der Waals surface area contributed by atoms with E-state index in [9.17, 15) is 0 Å². The van der Waals surface area contributed by atoms with Crippen LogP contribution in [-0.2, 0) is 0 Å². The maximum atomic E-state index is 4.00. The molecule has 0 bridgehead atoms. The first-order chi connectivity index (χ1) is 14.7. The molecule has 0 aliphatic rings. The largest absolute Gasteiger partial charge is 0.304 e. The molecule has 0 aliphatic heterocycles. The molecule has 3 nitrogen and oxygen atoms in total. The van der Waals surface area contributed by atoms with Gasteiger partial charge >= 0.3 is 0 Å². The van der Waals surface area contributed by atoms with Crippen LogP contribution in [0.2, 0.25) is 0 Å². The van der Waals surface area contributed by atoms with Gasteiger partial charge in [-0.05, 0) is 68.6 Å². The Kier molecular flexibility index (Phi) is 12.3. The van der Waals surface area contributed by atoms with Crippen LogP contribution in [0.4, 0.5) is 0 Å². The van der Waals surface area contributed by atoms with Crippen LogP contribution in [-0.4, -0.2) is 55.6 Å². The fourth-order valence-corrected chi connectivity index (χ4v) is 5.91. The Labute approximate surface area is 186 Å². The third-order valence-corrected chi connectivity index (χ3v) is 8.19. The lowest BCUT2D eigenvalue weighted by Gasteiger charge is -2.28. The summed E-state index contributed by atoms with van der Waals surface area (Å²) >= 11 is 0. The molecule has 1 N–H and O–H groups in total. The molecule has 0 saturated heterocycles. The lowest BCUT2D eigenvalue weighted by Crippen LogP contribution is -2.33. The van der Waals surface area contributed by atoms with E-state index in [0.29, 0.717) is 5.92 Å². The molecule has 0 unspecified atom stereocenters. The van der Waals surface area contributed by atoms with Crippen molar-refractivity contribution in [1.82, 2.24) is 14.9 Å². The van der Waals surface area contributed by atoms with Crippen molar-refractivity contribution in [2.45, 2.75) is 40.5 Å². The highest BCUT2D eigenvalue weighted by Gasteiger charge is 2.17. The number of nitrogens with one attached hydrogen (secondary N) is 1. The lowest BCUT2D eigenvalue weighted by atomic mass is 10.0. The zero-order chi connectivity index (χ0) is 21.6. The van der Waals surface area contributed by atoms with Gasteiger partial charge in [0.15, 0.2) is 0 Å². The van der Waals surface area contributed by atoms with Crippen LogP contribution in [0.1, 0.15) is 40.5 Å². The van der Waals surface area contributed by atoms with Crippen LogP contribution >= 0.6 is 8.07 Å². The van der Waals surface area contributed by atoms with Crippen LogP contribution in [0, 0.1) is 5.92 Å². The Bertz CT molecular complexity index is 601. The van der Waals surface area contributed by atoms with Gasteiger partial charge in [-0.15, -0.1) is 0 Å². The van der Waals surface area contributed by atoms with E-state index in [4.69, 9.17) is 0 Å². The first kappa shape index (κ1) is 25.0. The van der Waals surface area contributed by atoms with E-state index in [2.05, 4.69) is 103 Å². The Morgan fingerprint density at radius 1 is 0.667 bits per heavy atom. The molecule has 0 heterocycles. The molecule has 2 rings (SSSR count). The van der Waals surface area contributed by atoms with Gasteiger partial charge in [-0.25, -0.2) is 0 Å². The average Bonchev–Trinajstić information content (AvgIpc) is 2.81. The highest BCUT2D eigenvalue weighted by Crippen LogP contribution is 2.29. The zero-order valence-corrected chi connectivity index (χ0v) is 20.5. The van der Waals surface area contributed by atoms with E-state index >= 15 is 0 Å². The van der Waals surface area contributed by atoms with E-state index in [0.717, 1.165) is 32.7 Å². The Morgan fingerprint density at radius 3 is 1.43 bits per heavy atom. The smallest absolute Gasteiger partial charge is 0.0253 e. The summed E-state index contributed by atoms with van der Waals surface area (Å²) in [5, 5.41) is 6.81. The van der Waals surface area contributed by atoms with Crippen molar-refractivity contribution in [1.29, 1.82) is 0 Å². The van der Waals surface area contributed by atoms with Crippen molar-refractivity contribution in [3.63, 3.8) is 0 Å². The van der Waals surface area contributed by atoms with Gasteiger partial charge < -0.3 is 9.80 Å². The van der Waals surface area contributed by atoms with E-state index in [1.54, 1.807) is 0 Å². The van der Waals surface area contributed by atoms with Crippen molar-refractivity contribution in [2.24, 2.45) is 5.92 Å². The van der Waals surface area contributed by atoms with Crippen molar-refractivity contribution >= 4 is 18.7 Å². The van der Waals surface area contributed by atoms with Crippen molar-refractivity contribution in [2.75, 3.05) is 45.8 Å². The Hall–Kier alpha value is -1.25.